The Morgan fingerprint density at radius 2 is 1.68 bits per heavy atom. The van der Waals surface area contributed by atoms with Crippen LogP contribution in [-0.2, 0) is 10.0 Å². The predicted octanol–water partition coefficient (Wildman–Crippen LogP) is 4.05. The molecule has 0 aliphatic rings. The van der Waals surface area contributed by atoms with Crippen LogP contribution in [0.5, 0.6) is 11.5 Å². The molecule has 2 aromatic rings. The number of halogens is 2. The first-order valence-electron chi connectivity index (χ1n) is 8.12. The molecule has 0 aromatic heterocycles. The van der Waals surface area contributed by atoms with Gasteiger partial charge in [0, 0.05) is 18.3 Å². The van der Waals surface area contributed by atoms with Crippen molar-refractivity contribution in [2.24, 2.45) is 0 Å². The quantitative estimate of drug-likeness (QED) is 0.693. The van der Waals surface area contributed by atoms with Crippen LogP contribution in [0.2, 0.25) is 10.0 Å². The molecule has 10 heteroatoms. The number of carbonyl (C=O) groups excluding carboxylic acids is 1. The van der Waals surface area contributed by atoms with Gasteiger partial charge >= 0.3 is 0 Å². The number of sulfonamides is 1. The molecule has 0 saturated carbocycles. The lowest BCUT2D eigenvalue weighted by atomic mass is 10.1. The Balaban J connectivity index is 2.59. The standard InChI is InChI=1S/C18H20Cl2N2O5S/c1-5-22(28(4,24)25)15-10-17(27-3)16(26-2)9-12(15)18(23)21-11-6-7-13(19)14(20)8-11/h6-10H,5H2,1-4H3,(H,21,23). The summed E-state index contributed by atoms with van der Waals surface area (Å²) in [6, 6.07) is 7.50. The fraction of sp³-hybridized carbons (Fsp3) is 0.278. The van der Waals surface area contributed by atoms with E-state index in [1.165, 1.54) is 32.4 Å². The van der Waals surface area contributed by atoms with Crippen LogP contribution in [0.3, 0.4) is 0 Å². The van der Waals surface area contributed by atoms with Crippen LogP contribution in [0.4, 0.5) is 11.4 Å². The minimum absolute atomic E-state index is 0.0935. The van der Waals surface area contributed by atoms with Gasteiger partial charge in [0.2, 0.25) is 10.0 Å². The number of ether oxygens (including phenoxy) is 2. The van der Waals surface area contributed by atoms with Crippen LogP contribution in [0.1, 0.15) is 17.3 Å². The summed E-state index contributed by atoms with van der Waals surface area (Å²) in [5.74, 6) is 0.0391. The van der Waals surface area contributed by atoms with E-state index >= 15 is 0 Å². The third-order valence-electron chi connectivity index (χ3n) is 3.88. The number of hydrogen-bond donors (Lipinski definition) is 1. The lowest BCUT2D eigenvalue weighted by molar-refractivity contribution is 0.102. The molecule has 0 aliphatic carbocycles. The predicted molar refractivity (Wildman–Crippen MR) is 112 cm³/mol. The monoisotopic (exact) mass is 446 g/mol. The maximum absolute atomic E-state index is 12.9. The second kappa shape index (κ2) is 8.89. The van der Waals surface area contributed by atoms with Crippen molar-refractivity contribution in [1.29, 1.82) is 0 Å². The molecule has 152 valence electrons. The van der Waals surface area contributed by atoms with Gasteiger partial charge in [-0.1, -0.05) is 23.2 Å². The zero-order chi connectivity index (χ0) is 21.1. The summed E-state index contributed by atoms with van der Waals surface area (Å²) in [6.45, 7) is 1.79. The summed E-state index contributed by atoms with van der Waals surface area (Å²) < 4.78 is 36.1. The van der Waals surface area contributed by atoms with Crippen molar-refractivity contribution in [3.8, 4) is 11.5 Å². The smallest absolute Gasteiger partial charge is 0.257 e. The highest BCUT2D eigenvalue weighted by molar-refractivity contribution is 7.92. The first kappa shape index (κ1) is 22.1. The van der Waals surface area contributed by atoms with Gasteiger partial charge < -0.3 is 14.8 Å². The molecule has 0 radical (unpaired) electrons. The van der Waals surface area contributed by atoms with E-state index in [9.17, 15) is 13.2 Å². The second-order valence-electron chi connectivity index (χ2n) is 5.74. The maximum atomic E-state index is 12.9. The number of methoxy groups -OCH3 is 2. The molecule has 0 saturated heterocycles. The van der Waals surface area contributed by atoms with E-state index < -0.39 is 15.9 Å². The number of benzene rings is 2. The molecule has 2 rings (SSSR count). The van der Waals surface area contributed by atoms with Gasteiger partial charge in [-0.25, -0.2) is 8.42 Å². The van der Waals surface area contributed by atoms with Crippen molar-refractivity contribution in [1.82, 2.24) is 0 Å². The van der Waals surface area contributed by atoms with E-state index in [1.807, 2.05) is 0 Å². The number of nitrogens with zero attached hydrogens (tertiary/aromatic N) is 1. The first-order valence-corrected chi connectivity index (χ1v) is 10.7. The highest BCUT2D eigenvalue weighted by Crippen LogP contribution is 2.36. The van der Waals surface area contributed by atoms with Crippen LogP contribution in [-0.4, -0.2) is 41.3 Å². The van der Waals surface area contributed by atoms with E-state index in [0.29, 0.717) is 16.5 Å². The number of rotatable bonds is 7. The molecule has 0 bridgehead atoms. The van der Waals surface area contributed by atoms with Gasteiger partial charge in [0.05, 0.1) is 41.8 Å². The summed E-state index contributed by atoms with van der Waals surface area (Å²) in [5.41, 5.74) is 0.666. The highest BCUT2D eigenvalue weighted by Gasteiger charge is 2.25. The van der Waals surface area contributed by atoms with E-state index in [1.54, 1.807) is 19.1 Å². The fourth-order valence-electron chi connectivity index (χ4n) is 2.61. The molecule has 1 N–H and O–H groups in total. The Bertz CT molecular complexity index is 996. The number of anilines is 2. The van der Waals surface area contributed by atoms with Crippen molar-refractivity contribution in [3.63, 3.8) is 0 Å². The van der Waals surface area contributed by atoms with E-state index in [4.69, 9.17) is 32.7 Å². The third-order valence-corrected chi connectivity index (χ3v) is 5.87. The minimum Gasteiger partial charge on any atom is -0.493 e. The molecule has 0 spiro atoms. The number of nitrogens with one attached hydrogen (secondary N) is 1. The molecular weight excluding hydrogens is 427 g/mol. The zero-order valence-corrected chi connectivity index (χ0v) is 18.1. The molecule has 28 heavy (non-hydrogen) atoms. The van der Waals surface area contributed by atoms with Crippen LogP contribution in [0.25, 0.3) is 0 Å². The molecule has 0 atom stereocenters. The largest absolute Gasteiger partial charge is 0.493 e. The summed E-state index contributed by atoms with van der Waals surface area (Å²) in [4.78, 5) is 12.9. The highest BCUT2D eigenvalue weighted by atomic mass is 35.5. The van der Waals surface area contributed by atoms with E-state index in [2.05, 4.69) is 5.32 Å². The molecule has 0 aliphatic heterocycles. The van der Waals surface area contributed by atoms with Crippen molar-refractivity contribution in [3.05, 3.63) is 45.9 Å². The molecular formula is C18H20Cl2N2O5S. The molecule has 1 amide bonds. The maximum Gasteiger partial charge on any atom is 0.257 e. The molecule has 2 aromatic carbocycles. The lowest BCUT2D eigenvalue weighted by Gasteiger charge is -2.24. The van der Waals surface area contributed by atoms with Crippen LogP contribution < -0.4 is 19.1 Å². The van der Waals surface area contributed by atoms with Gasteiger partial charge in [0.1, 0.15) is 0 Å². The van der Waals surface area contributed by atoms with Gasteiger partial charge in [0.15, 0.2) is 11.5 Å². The minimum atomic E-state index is -3.64. The summed E-state index contributed by atoms with van der Waals surface area (Å²) in [6.07, 6.45) is 1.06. The number of amides is 1. The Labute approximate surface area is 174 Å². The zero-order valence-electron chi connectivity index (χ0n) is 15.7. The van der Waals surface area contributed by atoms with Gasteiger partial charge in [-0.05, 0) is 31.2 Å². The SMILES string of the molecule is CCN(c1cc(OC)c(OC)cc1C(=O)Nc1ccc(Cl)c(Cl)c1)S(C)(=O)=O. The second-order valence-corrected chi connectivity index (χ2v) is 8.46. The van der Waals surface area contributed by atoms with E-state index in [0.717, 1.165) is 10.6 Å². The lowest BCUT2D eigenvalue weighted by Crippen LogP contribution is -2.31. The van der Waals surface area contributed by atoms with E-state index in [-0.39, 0.29) is 28.6 Å². The Morgan fingerprint density at radius 1 is 1.07 bits per heavy atom. The summed E-state index contributed by atoms with van der Waals surface area (Å²) in [5, 5.41) is 3.31. The number of hydrogen-bond acceptors (Lipinski definition) is 5. The number of carbonyl (C=O) groups is 1. The van der Waals surface area contributed by atoms with Gasteiger partial charge in [-0.2, -0.15) is 0 Å². The van der Waals surface area contributed by atoms with Crippen molar-refractivity contribution < 1.29 is 22.7 Å². The van der Waals surface area contributed by atoms with Gasteiger partial charge in [-0.3, -0.25) is 9.10 Å². The Hall–Kier alpha value is -2.16. The van der Waals surface area contributed by atoms with Crippen LogP contribution in [0.15, 0.2) is 30.3 Å². The average molecular weight is 447 g/mol. The first-order chi connectivity index (χ1) is 13.1. The summed E-state index contributed by atoms with van der Waals surface area (Å²) >= 11 is 11.9. The fourth-order valence-corrected chi connectivity index (χ4v) is 3.89. The Kier molecular flexibility index (Phi) is 7.03. The molecule has 7 nitrogen and oxygen atoms in total. The van der Waals surface area contributed by atoms with Crippen molar-refractivity contribution in [2.45, 2.75) is 6.92 Å². The van der Waals surface area contributed by atoms with Gasteiger partial charge in [-0.15, -0.1) is 0 Å². The average Bonchev–Trinajstić information content (AvgIpc) is 2.63. The van der Waals surface area contributed by atoms with Crippen LogP contribution >= 0.6 is 23.2 Å². The van der Waals surface area contributed by atoms with Crippen molar-refractivity contribution in [2.75, 3.05) is 36.6 Å². The van der Waals surface area contributed by atoms with Gasteiger partial charge in [0.25, 0.3) is 5.91 Å². The normalized spacial score (nSPS) is 11.1. The van der Waals surface area contributed by atoms with Crippen LogP contribution in [0, 0.1) is 0 Å². The summed E-state index contributed by atoms with van der Waals surface area (Å²) in [7, 11) is -0.788. The molecule has 0 heterocycles. The topological polar surface area (TPSA) is 84.9 Å². The molecule has 0 unspecified atom stereocenters. The van der Waals surface area contributed by atoms with Crippen molar-refractivity contribution >= 4 is 50.5 Å². The Morgan fingerprint density at radius 3 is 2.18 bits per heavy atom. The third kappa shape index (κ3) is 4.81. The molecule has 0 fully saturated rings.